The molecule has 0 bridgehead atoms. The summed E-state index contributed by atoms with van der Waals surface area (Å²) in [4.78, 5) is 15.6. The van der Waals surface area contributed by atoms with E-state index in [0.717, 1.165) is 28.6 Å². The molecular formula is C20H17Cl2NO3. The number of hydrogen-bond acceptors (Lipinski definition) is 3. The number of carboxylic acid groups (broad SMARTS) is 1. The van der Waals surface area contributed by atoms with E-state index >= 15 is 0 Å². The van der Waals surface area contributed by atoms with Crippen LogP contribution in [0, 0.1) is 0 Å². The highest BCUT2D eigenvalue weighted by Gasteiger charge is 2.14. The van der Waals surface area contributed by atoms with Gasteiger partial charge in [0.15, 0.2) is 6.61 Å². The summed E-state index contributed by atoms with van der Waals surface area (Å²) in [6, 6.07) is 13.0. The molecule has 6 heteroatoms. The highest BCUT2D eigenvalue weighted by Crippen LogP contribution is 2.32. The molecule has 0 aliphatic carbocycles. The number of carbonyl (C=O) groups is 1. The van der Waals surface area contributed by atoms with Crippen molar-refractivity contribution in [3.8, 4) is 5.75 Å². The maximum absolute atomic E-state index is 10.8. The third-order valence-electron chi connectivity index (χ3n) is 4.08. The molecule has 3 rings (SSSR count). The Balaban J connectivity index is 2.08. The molecule has 4 nitrogen and oxygen atoms in total. The lowest BCUT2D eigenvalue weighted by Crippen LogP contribution is -2.10. The first-order valence-electron chi connectivity index (χ1n) is 8.18. The quantitative estimate of drug-likeness (QED) is 0.632. The molecule has 0 saturated carbocycles. The van der Waals surface area contributed by atoms with E-state index in [9.17, 15) is 4.79 Å². The molecule has 0 atom stereocenters. The highest BCUT2D eigenvalue weighted by atomic mass is 35.5. The van der Waals surface area contributed by atoms with Crippen molar-refractivity contribution in [2.24, 2.45) is 0 Å². The zero-order valence-corrected chi connectivity index (χ0v) is 15.6. The van der Waals surface area contributed by atoms with Crippen molar-refractivity contribution < 1.29 is 14.6 Å². The van der Waals surface area contributed by atoms with Crippen LogP contribution in [0.15, 0.2) is 42.5 Å². The summed E-state index contributed by atoms with van der Waals surface area (Å²) in [5.74, 6) is -0.633. The van der Waals surface area contributed by atoms with E-state index < -0.39 is 12.6 Å². The van der Waals surface area contributed by atoms with E-state index in [1.165, 1.54) is 0 Å². The lowest BCUT2D eigenvalue weighted by molar-refractivity contribution is -0.139. The molecule has 1 heterocycles. The van der Waals surface area contributed by atoms with Gasteiger partial charge in [0.1, 0.15) is 11.3 Å². The van der Waals surface area contributed by atoms with E-state index in [4.69, 9.17) is 38.0 Å². The molecule has 0 spiro atoms. The average molecular weight is 390 g/mol. The van der Waals surface area contributed by atoms with Gasteiger partial charge in [-0.1, -0.05) is 42.3 Å². The lowest BCUT2D eigenvalue weighted by atomic mass is 10.0. The second kappa shape index (κ2) is 7.94. The first-order chi connectivity index (χ1) is 12.5. The molecule has 0 amide bonds. The van der Waals surface area contributed by atoms with Crippen molar-refractivity contribution in [2.75, 3.05) is 6.61 Å². The number of rotatable bonds is 6. The van der Waals surface area contributed by atoms with Gasteiger partial charge >= 0.3 is 5.97 Å². The number of benzene rings is 2. The number of carboxylic acids is 1. The number of aromatic nitrogens is 1. The summed E-state index contributed by atoms with van der Waals surface area (Å²) in [7, 11) is 0. The monoisotopic (exact) mass is 389 g/mol. The van der Waals surface area contributed by atoms with Crippen molar-refractivity contribution in [3.05, 3.63) is 69.3 Å². The van der Waals surface area contributed by atoms with Crippen LogP contribution < -0.4 is 4.74 Å². The zero-order valence-electron chi connectivity index (χ0n) is 14.1. The van der Waals surface area contributed by atoms with Gasteiger partial charge in [-0.05, 0) is 47.9 Å². The fourth-order valence-corrected chi connectivity index (χ4v) is 3.12. The summed E-state index contributed by atoms with van der Waals surface area (Å²) in [6.45, 7) is 1.63. The van der Waals surface area contributed by atoms with Crippen LogP contribution in [0.2, 0.25) is 10.0 Å². The summed E-state index contributed by atoms with van der Waals surface area (Å²) in [6.07, 6.45) is 1.45. The predicted molar refractivity (Wildman–Crippen MR) is 104 cm³/mol. The van der Waals surface area contributed by atoms with Crippen LogP contribution >= 0.6 is 23.2 Å². The maximum atomic E-state index is 10.8. The molecule has 0 fully saturated rings. The highest BCUT2D eigenvalue weighted by molar-refractivity contribution is 6.35. The van der Waals surface area contributed by atoms with Crippen molar-refractivity contribution in [1.82, 2.24) is 4.98 Å². The number of ether oxygens (including phenoxy) is 1. The summed E-state index contributed by atoms with van der Waals surface area (Å²) < 4.78 is 5.39. The normalized spacial score (nSPS) is 10.9. The fourth-order valence-electron chi connectivity index (χ4n) is 2.79. The van der Waals surface area contributed by atoms with Crippen LogP contribution in [0.1, 0.15) is 23.7 Å². The smallest absolute Gasteiger partial charge is 0.341 e. The van der Waals surface area contributed by atoms with E-state index in [0.29, 0.717) is 27.7 Å². The van der Waals surface area contributed by atoms with Gasteiger partial charge in [0, 0.05) is 22.5 Å². The van der Waals surface area contributed by atoms with Crippen LogP contribution in [0.3, 0.4) is 0 Å². The number of aliphatic carboxylic acids is 1. The van der Waals surface area contributed by atoms with Crippen molar-refractivity contribution in [3.63, 3.8) is 0 Å². The first kappa shape index (κ1) is 18.5. The second-order valence-corrected chi connectivity index (χ2v) is 6.72. The molecule has 0 saturated heterocycles. The number of nitrogens with zero attached hydrogens (tertiary/aromatic N) is 1. The number of halogens is 2. The van der Waals surface area contributed by atoms with Gasteiger partial charge in [0.25, 0.3) is 0 Å². The minimum atomic E-state index is -1.04. The molecule has 0 aliphatic rings. The third kappa shape index (κ3) is 4.09. The van der Waals surface area contributed by atoms with Crippen molar-refractivity contribution in [1.29, 1.82) is 0 Å². The van der Waals surface area contributed by atoms with E-state index in [1.54, 1.807) is 12.1 Å². The van der Waals surface area contributed by atoms with Crippen LogP contribution in [0.4, 0.5) is 0 Å². The molecule has 134 valence electrons. The molecule has 1 N–H and O–H groups in total. The van der Waals surface area contributed by atoms with E-state index in [-0.39, 0.29) is 0 Å². The predicted octanol–water partition coefficient (Wildman–Crippen LogP) is 5.16. The largest absolute Gasteiger partial charge is 0.480 e. The molecule has 0 aliphatic heterocycles. The summed E-state index contributed by atoms with van der Waals surface area (Å²) in [5, 5.41) is 10.9. The summed E-state index contributed by atoms with van der Waals surface area (Å²) in [5.41, 5.74) is 3.65. The van der Waals surface area contributed by atoms with E-state index in [2.05, 4.69) is 6.92 Å². The molecule has 2 aromatic carbocycles. The SMILES string of the molecule is CCc1cc2c(Cl)ccc(OCC(=O)O)c2nc1Cc1ccc(Cl)cc1. The third-order valence-corrected chi connectivity index (χ3v) is 4.66. The van der Waals surface area contributed by atoms with Crippen molar-refractivity contribution in [2.45, 2.75) is 19.8 Å². The maximum Gasteiger partial charge on any atom is 0.341 e. The van der Waals surface area contributed by atoms with E-state index in [1.807, 2.05) is 30.3 Å². The molecule has 26 heavy (non-hydrogen) atoms. The zero-order chi connectivity index (χ0) is 18.7. The molecule has 1 aromatic heterocycles. The molecular weight excluding hydrogens is 373 g/mol. The Kier molecular flexibility index (Phi) is 5.64. The first-order valence-corrected chi connectivity index (χ1v) is 8.93. The van der Waals surface area contributed by atoms with Crippen LogP contribution in [-0.4, -0.2) is 22.7 Å². The fraction of sp³-hybridized carbons (Fsp3) is 0.200. The molecule has 3 aromatic rings. The Morgan fingerprint density at radius 1 is 1.15 bits per heavy atom. The topological polar surface area (TPSA) is 59.4 Å². The number of aryl methyl sites for hydroxylation is 1. The van der Waals surface area contributed by atoms with Crippen LogP contribution in [-0.2, 0) is 17.6 Å². The van der Waals surface area contributed by atoms with Gasteiger partial charge in [0.2, 0.25) is 0 Å². The minimum absolute atomic E-state index is 0.409. The summed E-state index contributed by atoms with van der Waals surface area (Å²) >= 11 is 12.3. The van der Waals surface area contributed by atoms with Gasteiger partial charge in [-0.15, -0.1) is 0 Å². The Labute approximate surface area is 161 Å². The lowest BCUT2D eigenvalue weighted by Gasteiger charge is -2.13. The van der Waals surface area contributed by atoms with Gasteiger partial charge in [-0.3, -0.25) is 0 Å². The Bertz CT molecular complexity index is 955. The Morgan fingerprint density at radius 2 is 1.88 bits per heavy atom. The Morgan fingerprint density at radius 3 is 2.54 bits per heavy atom. The number of fused-ring (bicyclic) bond motifs is 1. The van der Waals surface area contributed by atoms with Crippen molar-refractivity contribution >= 4 is 40.1 Å². The average Bonchev–Trinajstić information content (AvgIpc) is 2.62. The molecule has 0 radical (unpaired) electrons. The van der Waals surface area contributed by atoms with Gasteiger partial charge < -0.3 is 9.84 Å². The number of pyridine rings is 1. The van der Waals surface area contributed by atoms with Gasteiger partial charge in [-0.2, -0.15) is 0 Å². The Hall–Kier alpha value is -2.30. The minimum Gasteiger partial charge on any atom is -0.480 e. The van der Waals surface area contributed by atoms with Gasteiger partial charge in [0.05, 0.1) is 5.02 Å². The second-order valence-electron chi connectivity index (χ2n) is 5.88. The van der Waals surface area contributed by atoms with Crippen LogP contribution in [0.25, 0.3) is 10.9 Å². The van der Waals surface area contributed by atoms with Gasteiger partial charge in [-0.25, -0.2) is 9.78 Å². The molecule has 0 unspecified atom stereocenters. The van der Waals surface area contributed by atoms with Crippen LogP contribution in [0.5, 0.6) is 5.75 Å². The number of hydrogen-bond donors (Lipinski definition) is 1. The standard InChI is InChI=1S/C20H17Cl2NO3/c1-2-13-10-15-16(22)7-8-18(26-11-19(24)25)20(15)23-17(13)9-12-3-5-14(21)6-4-12/h3-8,10H,2,9,11H2,1H3,(H,24,25).